The van der Waals surface area contributed by atoms with Crippen molar-refractivity contribution in [1.82, 2.24) is 10.2 Å². The highest BCUT2D eigenvalue weighted by Crippen LogP contribution is 2.24. The predicted molar refractivity (Wildman–Crippen MR) is 59.8 cm³/mol. The maximum Gasteiger partial charge on any atom is 0.203 e. The highest BCUT2D eigenvalue weighted by atomic mass is 32.1. The van der Waals surface area contributed by atoms with Gasteiger partial charge in [-0.15, -0.1) is 10.2 Å². The minimum absolute atomic E-state index is 0.123. The minimum Gasteiger partial charge on any atom is -0.483 e. The Morgan fingerprint density at radius 2 is 2.00 bits per heavy atom. The lowest BCUT2D eigenvalue weighted by Crippen LogP contribution is -2.02. The second-order valence-electron chi connectivity index (χ2n) is 3.05. The first-order chi connectivity index (χ1) is 7.25. The van der Waals surface area contributed by atoms with E-state index in [0.717, 1.165) is 10.8 Å². The molecular weight excluding hydrogens is 210 g/mol. The van der Waals surface area contributed by atoms with Crippen molar-refractivity contribution in [3.63, 3.8) is 0 Å². The number of nitrogen functional groups attached to an aromatic ring is 1. The number of anilines is 1. The lowest BCUT2D eigenvalue weighted by atomic mass is 10.3. The smallest absolute Gasteiger partial charge is 0.203 e. The summed E-state index contributed by atoms with van der Waals surface area (Å²) in [6, 6.07) is 9.61. The number of hydrogen-bond donors (Lipinski definition) is 1. The molecule has 15 heavy (non-hydrogen) atoms. The zero-order valence-electron chi connectivity index (χ0n) is 8.25. The van der Waals surface area contributed by atoms with Crippen molar-refractivity contribution in [1.29, 1.82) is 0 Å². The van der Waals surface area contributed by atoms with Gasteiger partial charge in [0.15, 0.2) is 5.01 Å². The van der Waals surface area contributed by atoms with E-state index in [1.807, 2.05) is 37.3 Å². The summed E-state index contributed by atoms with van der Waals surface area (Å²) < 4.78 is 5.67. The van der Waals surface area contributed by atoms with Crippen LogP contribution in [0.4, 0.5) is 5.13 Å². The van der Waals surface area contributed by atoms with Gasteiger partial charge in [-0.2, -0.15) is 0 Å². The number of ether oxygens (including phenoxy) is 1. The summed E-state index contributed by atoms with van der Waals surface area (Å²) >= 11 is 1.35. The molecule has 0 radical (unpaired) electrons. The Hall–Kier alpha value is -1.62. The summed E-state index contributed by atoms with van der Waals surface area (Å²) in [6.07, 6.45) is -0.123. The van der Waals surface area contributed by atoms with E-state index in [0.29, 0.717) is 5.13 Å². The van der Waals surface area contributed by atoms with Crippen molar-refractivity contribution in [2.24, 2.45) is 0 Å². The molecule has 2 N–H and O–H groups in total. The van der Waals surface area contributed by atoms with Crippen molar-refractivity contribution in [2.75, 3.05) is 5.73 Å². The van der Waals surface area contributed by atoms with Gasteiger partial charge in [0.2, 0.25) is 5.13 Å². The van der Waals surface area contributed by atoms with Crippen LogP contribution in [0.15, 0.2) is 30.3 Å². The van der Waals surface area contributed by atoms with Crippen molar-refractivity contribution < 1.29 is 4.74 Å². The molecule has 0 saturated carbocycles. The Balaban J connectivity index is 2.07. The van der Waals surface area contributed by atoms with E-state index in [1.165, 1.54) is 11.3 Å². The van der Waals surface area contributed by atoms with Crippen LogP contribution >= 0.6 is 11.3 Å². The fraction of sp³-hybridized carbons (Fsp3) is 0.200. The second-order valence-corrected chi connectivity index (χ2v) is 4.09. The third-order valence-electron chi connectivity index (χ3n) is 1.86. The van der Waals surface area contributed by atoms with Crippen LogP contribution in [0, 0.1) is 0 Å². The molecule has 0 spiro atoms. The van der Waals surface area contributed by atoms with E-state index in [4.69, 9.17) is 10.5 Å². The number of aromatic nitrogens is 2. The van der Waals surface area contributed by atoms with Gasteiger partial charge < -0.3 is 10.5 Å². The average molecular weight is 221 g/mol. The lowest BCUT2D eigenvalue weighted by Gasteiger charge is -2.10. The molecule has 0 unspecified atom stereocenters. The first kappa shape index (κ1) is 9.92. The Labute approximate surface area is 91.7 Å². The molecule has 5 heteroatoms. The van der Waals surface area contributed by atoms with Crippen molar-refractivity contribution >= 4 is 16.5 Å². The summed E-state index contributed by atoms with van der Waals surface area (Å²) in [6.45, 7) is 1.92. The zero-order valence-corrected chi connectivity index (χ0v) is 9.07. The summed E-state index contributed by atoms with van der Waals surface area (Å²) in [5.74, 6) is 0.818. The number of benzene rings is 1. The zero-order chi connectivity index (χ0) is 10.7. The molecule has 1 heterocycles. The SMILES string of the molecule is C[C@@H](Oc1ccccc1)c1nnc(N)s1. The fourth-order valence-electron chi connectivity index (χ4n) is 1.16. The highest BCUT2D eigenvalue weighted by Gasteiger charge is 2.12. The van der Waals surface area contributed by atoms with Gasteiger partial charge in [-0.05, 0) is 19.1 Å². The number of nitrogens with zero attached hydrogens (tertiary/aromatic N) is 2. The number of nitrogens with two attached hydrogens (primary N) is 1. The number of para-hydroxylation sites is 1. The van der Waals surface area contributed by atoms with Crippen LogP contribution in [0.25, 0.3) is 0 Å². The molecule has 2 rings (SSSR count). The van der Waals surface area contributed by atoms with Crippen LogP contribution < -0.4 is 10.5 Å². The normalized spacial score (nSPS) is 12.3. The Kier molecular flexibility index (Phi) is 2.82. The quantitative estimate of drug-likeness (QED) is 0.863. The molecule has 0 saturated heterocycles. The lowest BCUT2D eigenvalue weighted by molar-refractivity contribution is 0.225. The highest BCUT2D eigenvalue weighted by molar-refractivity contribution is 7.15. The molecule has 0 bridgehead atoms. The molecule has 2 aromatic rings. The maximum atomic E-state index is 5.67. The first-order valence-electron chi connectivity index (χ1n) is 4.56. The van der Waals surface area contributed by atoms with E-state index >= 15 is 0 Å². The molecule has 1 aromatic carbocycles. The third-order valence-corrected chi connectivity index (χ3v) is 2.77. The molecule has 0 aliphatic rings. The largest absolute Gasteiger partial charge is 0.483 e. The van der Waals surface area contributed by atoms with E-state index in [-0.39, 0.29) is 6.10 Å². The number of hydrogen-bond acceptors (Lipinski definition) is 5. The minimum atomic E-state index is -0.123. The standard InChI is InChI=1S/C10H11N3OS/c1-7(9-12-13-10(11)15-9)14-8-5-3-2-4-6-8/h2-7H,1H3,(H2,11,13)/t7-/m1/s1. The molecule has 78 valence electrons. The Morgan fingerprint density at radius 1 is 1.27 bits per heavy atom. The summed E-state index contributed by atoms with van der Waals surface area (Å²) in [7, 11) is 0. The van der Waals surface area contributed by atoms with Crippen LogP contribution in [0.2, 0.25) is 0 Å². The van der Waals surface area contributed by atoms with Gasteiger partial charge in [0.25, 0.3) is 0 Å². The molecule has 4 nitrogen and oxygen atoms in total. The van der Waals surface area contributed by atoms with E-state index in [9.17, 15) is 0 Å². The van der Waals surface area contributed by atoms with E-state index < -0.39 is 0 Å². The fourth-order valence-corrected chi connectivity index (χ4v) is 1.76. The molecule has 0 aliphatic carbocycles. The summed E-state index contributed by atoms with van der Waals surface area (Å²) in [5.41, 5.74) is 5.50. The van der Waals surface area contributed by atoms with Gasteiger partial charge >= 0.3 is 0 Å². The van der Waals surface area contributed by atoms with Crippen LogP contribution in [-0.2, 0) is 0 Å². The van der Waals surface area contributed by atoms with E-state index in [2.05, 4.69) is 10.2 Å². The molecule has 1 aromatic heterocycles. The molecule has 0 fully saturated rings. The summed E-state index contributed by atoms with van der Waals surface area (Å²) in [4.78, 5) is 0. The van der Waals surface area contributed by atoms with Gasteiger partial charge in [0.05, 0.1) is 0 Å². The molecule has 1 atom stereocenters. The van der Waals surface area contributed by atoms with Gasteiger partial charge in [0, 0.05) is 0 Å². The topological polar surface area (TPSA) is 61.0 Å². The van der Waals surface area contributed by atoms with Crippen molar-refractivity contribution in [3.8, 4) is 5.75 Å². The molecule has 0 amide bonds. The van der Waals surface area contributed by atoms with Crippen LogP contribution in [0.3, 0.4) is 0 Å². The van der Waals surface area contributed by atoms with Gasteiger partial charge in [-0.25, -0.2) is 0 Å². The van der Waals surface area contributed by atoms with Gasteiger partial charge in [0.1, 0.15) is 11.9 Å². The number of rotatable bonds is 3. The van der Waals surface area contributed by atoms with Gasteiger partial charge in [-0.3, -0.25) is 0 Å². The van der Waals surface area contributed by atoms with Crippen molar-refractivity contribution in [3.05, 3.63) is 35.3 Å². The second kappa shape index (κ2) is 4.27. The first-order valence-corrected chi connectivity index (χ1v) is 5.38. The Morgan fingerprint density at radius 3 is 2.60 bits per heavy atom. The van der Waals surface area contributed by atoms with Gasteiger partial charge in [-0.1, -0.05) is 29.5 Å². The van der Waals surface area contributed by atoms with Crippen molar-refractivity contribution in [2.45, 2.75) is 13.0 Å². The molecular formula is C10H11N3OS. The maximum absolute atomic E-state index is 5.67. The molecule has 0 aliphatic heterocycles. The van der Waals surface area contributed by atoms with E-state index in [1.54, 1.807) is 0 Å². The van der Waals surface area contributed by atoms with Crippen LogP contribution in [-0.4, -0.2) is 10.2 Å². The summed E-state index contributed by atoms with van der Waals surface area (Å²) in [5, 5.41) is 8.93. The third kappa shape index (κ3) is 2.44. The van der Waals surface area contributed by atoms with Crippen LogP contribution in [0.1, 0.15) is 18.0 Å². The monoisotopic (exact) mass is 221 g/mol. The average Bonchev–Trinajstić information content (AvgIpc) is 2.66. The Bertz CT molecular complexity index is 429. The predicted octanol–water partition coefficient (Wildman–Crippen LogP) is 2.26. The van der Waals surface area contributed by atoms with Crippen LogP contribution in [0.5, 0.6) is 5.75 Å².